The summed E-state index contributed by atoms with van der Waals surface area (Å²) in [6.07, 6.45) is 1.59. The number of rotatable bonds is 6. The molecule has 166 valence electrons. The van der Waals surface area contributed by atoms with E-state index in [1.807, 2.05) is 43.3 Å². The zero-order valence-electron chi connectivity index (χ0n) is 17.5. The first-order chi connectivity index (χ1) is 16.0. The number of ether oxygens (including phenoxy) is 1. The lowest BCUT2D eigenvalue weighted by Gasteiger charge is -2.03. The summed E-state index contributed by atoms with van der Waals surface area (Å²) in [6, 6.07) is 17.8. The second-order valence-corrected chi connectivity index (χ2v) is 10.2. The van der Waals surface area contributed by atoms with E-state index in [0.29, 0.717) is 17.6 Å². The van der Waals surface area contributed by atoms with Crippen molar-refractivity contribution in [3.63, 3.8) is 0 Å². The van der Waals surface area contributed by atoms with Gasteiger partial charge in [0.2, 0.25) is 9.84 Å². The lowest BCUT2D eigenvalue weighted by atomic mass is 10.2. The molecule has 0 aliphatic carbocycles. The molecule has 8 nitrogen and oxygen atoms in total. The highest BCUT2D eigenvalue weighted by Gasteiger charge is 2.31. The molecule has 0 bridgehead atoms. The van der Waals surface area contributed by atoms with Crippen molar-refractivity contribution < 1.29 is 13.2 Å². The highest BCUT2D eigenvalue weighted by atomic mass is 32.2. The summed E-state index contributed by atoms with van der Waals surface area (Å²) in [6.45, 7) is 2.50. The van der Waals surface area contributed by atoms with Crippen molar-refractivity contribution in [2.45, 2.75) is 16.0 Å². The lowest BCUT2D eigenvalue weighted by molar-refractivity contribution is 0.340. The lowest BCUT2D eigenvalue weighted by Crippen LogP contribution is -2.05. The smallest absolute Gasteiger partial charge is 0.221 e. The normalized spacial score (nSPS) is 12.2. The van der Waals surface area contributed by atoms with Gasteiger partial charge in [-0.3, -0.25) is 0 Å². The minimum atomic E-state index is -3.92. The Balaban J connectivity index is 1.71. The van der Waals surface area contributed by atoms with Gasteiger partial charge < -0.3 is 10.5 Å². The van der Waals surface area contributed by atoms with E-state index in [0.717, 1.165) is 22.6 Å². The summed E-state index contributed by atoms with van der Waals surface area (Å²) in [5.41, 5.74) is 8.79. The van der Waals surface area contributed by atoms with Gasteiger partial charge in [-0.15, -0.1) is 11.3 Å². The number of benzene rings is 2. The zero-order chi connectivity index (χ0) is 23.0. The number of nitrogens with two attached hydrogens (primary N) is 1. The molecule has 0 aliphatic heterocycles. The molecule has 3 heterocycles. The van der Waals surface area contributed by atoms with Crippen molar-refractivity contribution in [2.24, 2.45) is 5.10 Å². The molecule has 5 rings (SSSR count). The van der Waals surface area contributed by atoms with Crippen LogP contribution in [0.5, 0.6) is 5.75 Å². The summed E-state index contributed by atoms with van der Waals surface area (Å²) in [7, 11) is -3.92. The number of nitrogens with zero attached hydrogens (tertiary/aromatic N) is 4. The number of para-hydroxylation sites is 2. The summed E-state index contributed by atoms with van der Waals surface area (Å²) in [4.78, 5) is 9.13. The number of anilines is 1. The number of fused-ring (bicyclic) bond motifs is 2. The SMILES string of the molecule is CCOc1ccc(/C=N/n2c(N)c(S(=O)(=O)c3cccs3)c3nc4ccccc4nc32)cc1. The van der Waals surface area contributed by atoms with Gasteiger partial charge in [0.1, 0.15) is 26.2 Å². The fourth-order valence-corrected chi connectivity index (χ4v) is 6.05. The summed E-state index contributed by atoms with van der Waals surface area (Å²) in [5, 5.41) is 6.17. The Bertz CT molecular complexity index is 1590. The van der Waals surface area contributed by atoms with E-state index in [-0.39, 0.29) is 26.1 Å². The van der Waals surface area contributed by atoms with Gasteiger partial charge in [0.25, 0.3) is 0 Å². The van der Waals surface area contributed by atoms with Crippen LogP contribution in [0.3, 0.4) is 0 Å². The molecule has 0 spiro atoms. The van der Waals surface area contributed by atoms with Gasteiger partial charge in [-0.2, -0.15) is 9.78 Å². The van der Waals surface area contributed by atoms with E-state index in [1.165, 1.54) is 4.68 Å². The number of sulfone groups is 1. The maximum Gasteiger partial charge on any atom is 0.221 e. The van der Waals surface area contributed by atoms with E-state index in [4.69, 9.17) is 10.5 Å². The van der Waals surface area contributed by atoms with Gasteiger partial charge >= 0.3 is 0 Å². The molecular weight excluding hydrogens is 458 g/mol. The maximum absolute atomic E-state index is 13.4. The average Bonchev–Trinajstić information content (AvgIpc) is 3.45. The molecule has 33 heavy (non-hydrogen) atoms. The zero-order valence-corrected chi connectivity index (χ0v) is 19.2. The van der Waals surface area contributed by atoms with Crippen molar-refractivity contribution in [2.75, 3.05) is 12.3 Å². The fraction of sp³-hybridized carbons (Fsp3) is 0.0870. The highest BCUT2D eigenvalue weighted by molar-refractivity contribution is 7.93. The van der Waals surface area contributed by atoms with Crippen LogP contribution >= 0.6 is 11.3 Å². The Morgan fingerprint density at radius 2 is 1.79 bits per heavy atom. The Kier molecular flexibility index (Phi) is 5.31. The van der Waals surface area contributed by atoms with Crippen molar-refractivity contribution in [1.82, 2.24) is 14.6 Å². The van der Waals surface area contributed by atoms with E-state index in [2.05, 4.69) is 15.1 Å². The Morgan fingerprint density at radius 3 is 2.45 bits per heavy atom. The second-order valence-electron chi connectivity index (χ2n) is 7.09. The predicted molar refractivity (Wildman–Crippen MR) is 130 cm³/mol. The fourth-order valence-electron chi connectivity index (χ4n) is 3.46. The molecule has 0 aliphatic rings. The monoisotopic (exact) mass is 477 g/mol. The minimum absolute atomic E-state index is 0.0455. The molecule has 2 aromatic carbocycles. The number of nitrogen functional groups attached to an aromatic ring is 1. The van der Waals surface area contributed by atoms with Crippen molar-refractivity contribution >= 4 is 55.4 Å². The summed E-state index contributed by atoms with van der Waals surface area (Å²) in [5.74, 6) is 0.707. The van der Waals surface area contributed by atoms with Gasteiger partial charge in [0, 0.05) is 0 Å². The second kappa shape index (κ2) is 8.30. The average molecular weight is 478 g/mol. The quantitative estimate of drug-likeness (QED) is 0.364. The van der Waals surface area contributed by atoms with Gasteiger partial charge in [-0.05, 0) is 60.3 Å². The van der Waals surface area contributed by atoms with E-state index in [1.54, 1.807) is 35.9 Å². The molecule has 0 saturated carbocycles. The van der Waals surface area contributed by atoms with Crippen LogP contribution in [0.2, 0.25) is 0 Å². The van der Waals surface area contributed by atoms with Gasteiger partial charge in [0.15, 0.2) is 5.65 Å². The van der Waals surface area contributed by atoms with Crippen LogP contribution in [0.25, 0.3) is 22.2 Å². The molecule has 0 atom stereocenters. The molecule has 0 amide bonds. The molecule has 0 radical (unpaired) electrons. The van der Waals surface area contributed by atoms with Crippen LogP contribution in [-0.4, -0.2) is 35.9 Å². The summed E-state index contributed by atoms with van der Waals surface area (Å²) < 4.78 is 33.8. The largest absolute Gasteiger partial charge is 0.494 e. The minimum Gasteiger partial charge on any atom is -0.494 e. The highest BCUT2D eigenvalue weighted by Crippen LogP contribution is 2.36. The molecule has 0 fully saturated rings. The first-order valence-corrected chi connectivity index (χ1v) is 12.5. The first-order valence-electron chi connectivity index (χ1n) is 10.1. The van der Waals surface area contributed by atoms with Crippen LogP contribution < -0.4 is 10.5 Å². The van der Waals surface area contributed by atoms with Crippen molar-refractivity contribution in [3.8, 4) is 5.75 Å². The number of hydrogen-bond acceptors (Lipinski definition) is 8. The molecule has 5 aromatic rings. The summed E-state index contributed by atoms with van der Waals surface area (Å²) >= 11 is 1.12. The third-order valence-corrected chi connectivity index (χ3v) is 8.18. The van der Waals surface area contributed by atoms with E-state index in [9.17, 15) is 8.42 Å². The number of aromatic nitrogens is 3. The molecule has 0 saturated heterocycles. The Hall–Kier alpha value is -3.76. The van der Waals surface area contributed by atoms with Crippen LogP contribution in [0.1, 0.15) is 12.5 Å². The van der Waals surface area contributed by atoms with Crippen molar-refractivity contribution in [1.29, 1.82) is 0 Å². The van der Waals surface area contributed by atoms with Gasteiger partial charge in [-0.25, -0.2) is 18.4 Å². The molecule has 3 aromatic heterocycles. The topological polar surface area (TPSA) is 112 Å². The first kappa shape index (κ1) is 21.1. The molecule has 0 unspecified atom stereocenters. The van der Waals surface area contributed by atoms with Gasteiger partial charge in [0.05, 0.1) is 23.9 Å². The van der Waals surface area contributed by atoms with E-state index >= 15 is 0 Å². The van der Waals surface area contributed by atoms with Gasteiger partial charge in [-0.1, -0.05) is 18.2 Å². The number of thiophene rings is 1. The Labute approximate surface area is 193 Å². The third-order valence-electron chi connectivity index (χ3n) is 4.97. The van der Waals surface area contributed by atoms with E-state index < -0.39 is 9.84 Å². The van der Waals surface area contributed by atoms with Crippen LogP contribution in [0.4, 0.5) is 5.82 Å². The Morgan fingerprint density at radius 1 is 1.06 bits per heavy atom. The molecule has 10 heteroatoms. The van der Waals surface area contributed by atoms with Crippen LogP contribution in [0.15, 0.2) is 80.2 Å². The van der Waals surface area contributed by atoms with Crippen LogP contribution in [0, 0.1) is 0 Å². The molecule has 2 N–H and O–H groups in total. The molecular formula is C23H19N5O3S2. The van der Waals surface area contributed by atoms with Crippen LogP contribution in [-0.2, 0) is 9.84 Å². The maximum atomic E-state index is 13.4. The third kappa shape index (κ3) is 3.73. The standard InChI is InChI=1S/C23H19N5O3S2/c1-2-31-16-11-9-15(10-12-16)14-25-28-22(24)21(33(29,30)19-8-5-13-32-19)20-23(28)27-18-7-4-3-6-17(18)26-20/h3-14H,2,24H2,1H3/b25-14+. The van der Waals surface area contributed by atoms with Crippen molar-refractivity contribution in [3.05, 3.63) is 71.6 Å². The number of hydrogen-bond donors (Lipinski definition) is 1. The predicted octanol–water partition coefficient (Wildman–Crippen LogP) is 4.34.